The van der Waals surface area contributed by atoms with E-state index in [1.54, 1.807) is 6.92 Å². The highest BCUT2D eigenvalue weighted by Gasteiger charge is 2.10. The summed E-state index contributed by atoms with van der Waals surface area (Å²) in [4.78, 5) is 22.5. The van der Waals surface area contributed by atoms with E-state index in [9.17, 15) is 9.59 Å². The molecule has 0 aliphatic carbocycles. The molecule has 19 heavy (non-hydrogen) atoms. The van der Waals surface area contributed by atoms with E-state index >= 15 is 0 Å². The zero-order valence-electron chi connectivity index (χ0n) is 11.2. The number of carbonyl (C=O) groups excluding carboxylic acids is 2. The topological polar surface area (TPSA) is 93.2 Å². The van der Waals surface area contributed by atoms with Crippen molar-refractivity contribution in [1.82, 2.24) is 15.5 Å². The number of urea groups is 1. The van der Waals surface area contributed by atoms with Crippen LogP contribution in [0.1, 0.15) is 25.8 Å². The highest BCUT2D eigenvalue weighted by Crippen LogP contribution is 2.17. The SMILES string of the molecule is CCOC(=O)CNC(=O)Nc1nnc(CC(C)C)s1. The van der Waals surface area contributed by atoms with Crippen LogP contribution in [0.4, 0.5) is 9.93 Å². The Morgan fingerprint density at radius 3 is 2.74 bits per heavy atom. The standard InChI is InChI=1S/C11H18N4O3S/c1-4-18-9(16)6-12-10(17)13-11-15-14-8(19-11)5-7(2)3/h7H,4-6H2,1-3H3,(H2,12,13,15,17). The molecule has 1 aromatic rings. The molecule has 0 bridgehead atoms. The Bertz CT molecular complexity index is 433. The molecule has 2 N–H and O–H groups in total. The maximum Gasteiger partial charge on any atom is 0.325 e. The van der Waals surface area contributed by atoms with Crippen LogP contribution in [0.15, 0.2) is 0 Å². The first-order chi connectivity index (χ1) is 9.01. The smallest absolute Gasteiger partial charge is 0.325 e. The number of hydrogen-bond acceptors (Lipinski definition) is 6. The van der Waals surface area contributed by atoms with Gasteiger partial charge in [-0.2, -0.15) is 0 Å². The molecule has 0 aliphatic rings. The fourth-order valence-corrected chi connectivity index (χ4v) is 2.19. The lowest BCUT2D eigenvalue weighted by Gasteiger charge is -2.04. The maximum atomic E-state index is 11.5. The third kappa shape index (κ3) is 6.14. The molecular formula is C11H18N4O3S. The molecule has 0 aromatic carbocycles. The Hall–Kier alpha value is -1.70. The minimum atomic E-state index is -0.500. The van der Waals surface area contributed by atoms with E-state index in [2.05, 4.69) is 39.4 Å². The van der Waals surface area contributed by atoms with E-state index in [-0.39, 0.29) is 13.2 Å². The molecule has 8 heteroatoms. The number of ether oxygens (including phenoxy) is 1. The van der Waals surface area contributed by atoms with Gasteiger partial charge in [-0.3, -0.25) is 10.1 Å². The average Bonchev–Trinajstić information content (AvgIpc) is 2.73. The first-order valence-corrected chi connectivity index (χ1v) is 6.85. The van der Waals surface area contributed by atoms with E-state index in [1.165, 1.54) is 11.3 Å². The highest BCUT2D eigenvalue weighted by molar-refractivity contribution is 7.15. The second kappa shape index (κ2) is 7.67. The van der Waals surface area contributed by atoms with Gasteiger partial charge in [0.1, 0.15) is 11.6 Å². The first-order valence-electron chi connectivity index (χ1n) is 6.04. The van der Waals surface area contributed by atoms with Crippen molar-refractivity contribution in [3.05, 3.63) is 5.01 Å². The van der Waals surface area contributed by atoms with Crippen molar-refractivity contribution in [3.63, 3.8) is 0 Å². The number of nitrogens with zero attached hydrogens (tertiary/aromatic N) is 2. The van der Waals surface area contributed by atoms with Gasteiger partial charge in [-0.15, -0.1) is 10.2 Å². The van der Waals surface area contributed by atoms with Crippen LogP contribution in [-0.4, -0.2) is 35.3 Å². The summed E-state index contributed by atoms with van der Waals surface area (Å²) in [6, 6.07) is -0.500. The monoisotopic (exact) mass is 286 g/mol. The van der Waals surface area contributed by atoms with E-state index < -0.39 is 12.0 Å². The van der Waals surface area contributed by atoms with Crippen molar-refractivity contribution in [2.24, 2.45) is 5.92 Å². The van der Waals surface area contributed by atoms with Crippen LogP contribution in [0, 0.1) is 5.92 Å². The summed E-state index contributed by atoms with van der Waals surface area (Å²) in [5.41, 5.74) is 0. The molecule has 1 heterocycles. The lowest BCUT2D eigenvalue weighted by atomic mass is 10.1. The Morgan fingerprint density at radius 1 is 1.37 bits per heavy atom. The lowest BCUT2D eigenvalue weighted by molar-refractivity contribution is -0.141. The molecule has 0 radical (unpaired) electrons. The van der Waals surface area contributed by atoms with Crippen LogP contribution in [0.25, 0.3) is 0 Å². The molecule has 0 saturated carbocycles. The van der Waals surface area contributed by atoms with E-state index in [4.69, 9.17) is 0 Å². The van der Waals surface area contributed by atoms with Crippen molar-refractivity contribution < 1.29 is 14.3 Å². The fraction of sp³-hybridized carbons (Fsp3) is 0.636. The van der Waals surface area contributed by atoms with E-state index in [0.717, 1.165) is 11.4 Å². The summed E-state index contributed by atoms with van der Waals surface area (Å²) in [7, 11) is 0. The Labute approximate surface area is 115 Å². The minimum absolute atomic E-state index is 0.169. The highest BCUT2D eigenvalue weighted by atomic mass is 32.1. The van der Waals surface area contributed by atoms with Crippen molar-refractivity contribution in [2.45, 2.75) is 27.2 Å². The molecule has 106 valence electrons. The second-order valence-electron chi connectivity index (χ2n) is 4.21. The first kappa shape index (κ1) is 15.4. The number of carbonyl (C=O) groups is 2. The maximum absolute atomic E-state index is 11.5. The number of amides is 2. The summed E-state index contributed by atoms with van der Waals surface area (Å²) in [5, 5.41) is 14.0. The lowest BCUT2D eigenvalue weighted by Crippen LogP contribution is -2.34. The third-order valence-electron chi connectivity index (χ3n) is 1.97. The van der Waals surface area contributed by atoms with Gasteiger partial charge in [0.2, 0.25) is 5.13 Å². The van der Waals surface area contributed by atoms with Gasteiger partial charge in [0.15, 0.2) is 0 Å². The summed E-state index contributed by atoms with van der Waals surface area (Å²) in [5.74, 6) is 0.00820. The van der Waals surface area contributed by atoms with Gasteiger partial charge in [-0.05, 0) is 12.8 Å². The van der Waals surface area contributed by atoms with Crippen LogP contribution in [0.5, 0.6) is 0 Å². The van der Waals surface area contributed by atoms with Gasteiger partial charge in [0.25, 0.3) is 0 Å². The van der Waals surface area contributed by atoms with Crippen LogP contribution >= 0.6 is 11.3 Å². The molecule has 7 nitrogen and oxygen atoms in total. The predicted octanol–water partition coefficient (Wildman–Crippen LogP) is 1.42. The third-order valence-corrected chi connectivity index (χ3v) is 2.83. The van der Waals surface area contributed by atoms with Gasteiger partial charge < -0.3 is 10.1 Å². The summed E-state index contributed by atoms with van der Waals surface area (Å²) in [6.07, 6.45) is 0.823. The molecule has 1 aromatic heterocycles. The van der Waals surface area contributed by atoms with Gasteiger partial charge in [0.05, 0.1) is 6.61 Å². The van der Waals surface area contributed by atoms with Crippen molar-refractivity contribution in [3.8, 4) is 0 Å². The summed E-state index contributed by atoms with van der Waals surface area (Å²) in [6.45, 7) is 5.99. The molecular weight excluding hydrogens is 268 g/mol. The molecule has 0 unspecified atom stereocenters. The number of rotatable bonds is 6. The molecule has 1 rings (SSSR count). The van der Waals surface area contributed by atoms with Crippen molar-refractivity contribution in [2.75, 3.05) is 18.5 Å². The van der Waals surface area contributed by atoms with Crippen LogP contribution < -0.4 is 10.6 Å². The molecule has 2 amide bonds. The quantitative estimate of drug-likeness (QED) is 0.771. The fourth-order valence-electron chi connectivity index (χ4n) is 1.24. The van der Waals surface area contributed by atoms with Gasteiger partial charge in [0, 0.05) is 6.42 Å². The second-order valence-corrected chi connectivity index (χ2v) is 5.27. The zero-order chi connectivity index (χ0) is 14.3. The van der Waals surface area contributed by atoms with Crippen LogP contribution in [0.2, 0.25) is 0 Å². The Morgan fingerprint density at radius 2 is 2.11 bits per heavy atom. The number of esters is 1. The van der Waals surface area contributed by atoms with Crippen LogP contribution in [0.3, 0.4) is 0 Å². The Kier molecular flexibility index (Phi) is 6.20. The molecule has 0 aliphatic heterocycles. The van der Waals surface area contributed by atoms with Gasteiger partial charge >= 0.3 is 12.0 Å². The molecule has 0 atom stereocenters. The van der Waals surface area contributed by atoms with Gasteiger partial charge in [-0.25, -0.2) is 4.79 Å². The Balaban J connectivity index is 2.36. The zero-order valence-corrected chi connectivity index (χ0v) is 12.0. The number of hydrogen-bond donors (Lipinski definition) is 2. The number of aromatic nitrogens is 2. The largest absolute Gasteiger partial charge is 0.465 e. The average molecular weight is 286 g/mol. The van der Waals surface area contributed by atoms with Gasteiger partial charge in [-0.1, -0.05) is 25.2 Å². The molecule has 0 fully saturated rings. The molecule has 0 saturated heterocycles. The molecule has 0 spiro atoms. The van der Waals surface area contributed by atoms with E-state index in [1.807, 2.05) is 0 Å². The summed E-state index contributed by atoms with van der Waals surface area (Å²) < 4.78 is 4.68. The minimum Gasteiger partial charge on any atom is -0.465 e. The number of anilines is 1. The predicted molar refractivity (Wildman–Crippen MR) is 72.1 cm³/mol. The van der Waals surface area contributed by atoms with Crippen molar-refractivity contribution in [1.29, 1.82) is 0 Å². The summed E-state index contributed by atoms with van der Waals surface area (Å²) >= 11 is 1.32. The van der Waals surface area contributed by atoms with Crippen molar-refractivity contribution >= 4 is 28.5 Å². The van der Waals surface area contributed by atoms with Crippen LogP contribution in [-0.2, 0) is 16.0 Å². The normalized spacial score (nSPS) is 10.3. The van der Waals surface area contributed by atoms with E-state index in [0.29, 0.717) is 11.0 Å². The number of nitrogens with one attached hydrogen (secondary N) is 2.